The predicted octanol–water partition coefficient (Wildman–Crippen LogP) is 0.935. The number of rotatable bonds is 5. The van der Waals surface area contributed by atoms with Gasteiger partial charge in [-0.3, -0.25) is 19.1 Å². The van der Waals surface area contributed by atoms with E-state index in [2.05, 4.69) is 9.97 Å². The minimum absolute atomic E-state index is 0.100. The first-order valence-corrected chi connectivity index (χ1v) is 7.07. The zero-order chi connectivity index (χ0) is 16.9. The van der Waals surface area contributed by atoms with E-state index in [0.29, 0.717) is 11.7 Å². The molecule has 122 valence electrons. The third kappa shape index (κ3) is 3.67. The van der Waals surface area contributed by atoms with E-state index in [1.807, 2.05) is 30.3 Å². The number of benzene rings is 1. The fourth-order valence-corrected chi connectivity index (χ4v) is 1.99. The van der Waals surface area contributed by atoms with Crippen LogP contribution in [-0.4, -0.2) is 20.5 Å². The first kappa shape index (κ1) is 15.5. The van der Waals surface area contributed by atoms with Gasteiger partial charge in [-0.25, -0.2) is 9.78 Å². The Morgan fingerprint density at radius 1 is 1.21 bits per heavy atom. The van der Waals surface area contributed by atoms with Crippen molar-refractivity contribution in [3.8, 4) is 11.5 Å². The van der Waals surface area contributed by atoms with Crippen LogP contribution in [-0.2, 0) is 22.7 Å². The SMILES string of the molecule is O=C(Cn1ccc(=O)[nH]c1=O)OCc1cnc(-c2ccccc2)o1. The average Bonchev–Trinajstić information content (AvgIpc) is 3.05. The summed E-state index contributed by atoms with van der Waals surface area (Å²) in [7, 11) is 0. The van der Waals surface area contributed by atoms with Crippen LogP contribution in [0.5, 0.6) is 0 Å². The largest absolute Gasteiger partial charge is 0.456 e. The minimum Gasteiger partial charge on any atom is -0.456 e. The highest BCUT2D eigenvalue weighted by atomic mass is 16.5. The summed E-state index contributed by atoms with van der Waals surface area (Å²) >= 11 is 0. The average molecular weight is 327 g/mol. The molecule has 0 bridgehead atoms. The van der Waals surface area contributed by atoms with Gasteiger partial charge >= 0.3 is 11.7 Å². The Labute approximate surface area is 135 Å². The van der Waals surface area contributed by atoms with E-state index in [-0.39, 0.29) is 13.2 Å². The molecule has 24 heavy (non-hydrogen) atoms. The molecular formula is C16H13N3O5. The van der Waals surface area contributed by atoms with E-state index in [0.717, 1.165) is 16.2 Å². The third-order valence-corrected chi connectivity index (χ3v) is 3.15. The predicted molar refractivity (Wildman–Crippen MR) is 83.1 cm³/mol. The Balaban J connectivity index is 1.60. The summed E-state index contributed by atoms with van der Waals surface area (Å²) in [6.07, 6.45) is 2.70. The molecule has 0 aliphatic heterocycles. The van der Waals surface area contributed by atoms with Gasteiger partial charge in [-0.1, -0.05) is 18.2 Å². The maximum absolute atomic E-state index is 11.8. The first-order chi connectivity index (χ1) is 11.6. The minimum atomic E-state index is -0.675. The van der Waals surface area contributed by atoms with Crippen LogP contribution in [0.4, 0.5) is 0 Å². The van der Waals surface area contributed by atoms with Crippen molar-refractivity contribution in [1.82, 2.24) is 14.5 Å². The highest BCUT2D eigenvalue weighted by Gasteiger charge is 2.10. The number of nitrogens with one attached hydrogen (secondary N) is 1. The van der Waals surface area contributed by atoms with Crippen molar-refractivity contribution in [1.29, 1.82) is 0 Å². The van der Waals surface area contributed by atoms with E-state index in [9.17, 15) is 14.4 Å². The monoisotopic (exact) mass is 327 g/mol. The summed E-state index contributed by atoms with van der Waals surface area (Å²) < 4.78 is 11.6. The molecular weight excluding hydrogens is 314 g/mol. The summed E-state index contributed by atoms with van der Waals surface area (Å²) in [6.45, 7) is -0.411. The van der Waals surface area contributed by atoms with Gasteiger partial charge in [-0.05, 0) is 12.1 Å². The molecule has 0 radical (unpaired) electrons. The number of aromatic nitrogens is 3. The normalized spacial score (nSPS) is 10.5. The van der Waals surface area contributed by atoms with Gasteiger partial charge in [0.05, 0.1) is 6.20 Å². The van der Waals surface area contributed by atoms with Crippen LogP contribution in [0.2, 0.25) is 0 Å². The molecule has 0 unspecified atom stereocenters. The molecule has 1 N–H and O–H groups in total. The third-order valence-electron chi connectivity index (χ3n) is 3.15. The Morgan fingerprint density at radius 3 is 2.75 bits per heavy atom. The maximum Gasteiger partial charge on any atom is 0.328 e. The van der Waals surface area contributed by atoms with Crippen molar-refractivity contribution >= 4 is 5.97 Å². The number of ether oxygens (including phenoxy) is 1. The second-order valence-electron chi connectivity index (χ2n) is 4.90. The van der Waals surface area contributed by atoms with Crippen LogP contribution >= 0.6 is 0 Å². The molecule has 2 heterocycles. The molecule has 0 aliphatic rings. The Bertz CT molecular complexity index is 955. The fourth-order valence-electron chi connectivity index (χ4n) is 1.99. The van der Waals surface area contributed by atoms with Crippen molar-refractivity contribution < 1.29 is 13.9 Å². The van der Waals surface area contributed by atoms with Crippen LogP contribution in [0.25, 0.3) is 11.5 Å². The number of hydrogen-bond donors (Lipinski definition) is 1. The summed E-state index contributed by atoms with van der Waals surface area (Å²) in [6, 6.07) is 10.5. The number of nitrogens with zero attached hydrogens (tertiary/aromatic N) is 2. The lowest BCUT2D eigenvalue weighted by atomic mass is 10.2. The van der Waals surface area contributed by atoms with Gasteiger partial charge in [-0.2, -0.15) is 0 Å². The number of esters is 1. The van der Waals surface area contributed by atoms with Crippen molar-refractivity contribution in [3.63, 3.8) is 0 Å². The molecule has 0 amide bonds. The van der Waals surface area contributed by atoms with E-state index in [1.165, 1.54) is 12.4 Å². The summed E-state index contributed by atoms with van der Waals surface area (Å²) in [5, 5.41) is 0. The van der Waals surface area contributed by atoms with E-state index < -0.39 is 17.2 Å². The summed E-state index contributed by atoms with van der Waals surface area (Å²) in [5.74, 6) is 0.177. The van der Waals surface area contributed by atoms with Gasteiger partial charge in [-0.15, -0.1) is 0 Å². The van der Waals surface area contributed by atoms with Gasteiger partial charge in [0.25, 0.3) is 5.56 Å². The van der Waals surface area contributed by atoms with Crippen LogP contribution in [0.3, 0.4) is 0 Å². The molecule has 0 fully saturated rings. The molecule has 0 aliphatic carbocycles. The summed E-state index contributed by atoms with van der Waals surface area (Å²) in [5.41, 5.74) is -0.389. The molecule has 8 nitrogen and oxygen atoms in total. The Morgan fingerprint density at radius 2 is 2.00 bits per heavy atom. The zero-order valence-electron chi connectivity index (χ0n) is 12.5. The molecule has 8 heteroatoms. The highest BCUT2D eigenvalue weighted by Crippen LogP contribution is 2.18. The topological polar surface area (TPSA) is 107 Å². The molecule has 3 rings (SSSR count). The molecule has 0 atom stereocenters. The van der Waals surface area contributed by atoms with Gasteiger partial charge in [0.15, 0.2) is 12.4 Å². The Hall–Kier alpha value is -3.42. The standard InChI is InChI=1S/C16H13N3O5/c20-13-6-7-19(16(22)18-13)9-14(21)23-10-12-8-17-15(24-12)11-4-2-1-3-5-11/h1-8H,9-10H2,(H,18,20,22). The van der Waals surface area contributed by atoms with Crippen molar-refractivity contribution in [2.45, 2.75) is 13.2 Å². The molecule has 3 aromatic rings. The highest BCUT2D eigenvalue weighted by molar-refractivity contribution is 5.69. The lowest BCUT2D eigenvalue weighted by Gasteiger charge is -2.04. The number of H-pyrrole nitrogens is 1. The molecule has 0 saturated heterocycles. The number of oxazole rings is 1. The fraction of sp³-hybridized carbons (Fsp3) is 0.125. The van der Waals surface area contributed by atoms with Gasteiger partial charge in [0.1, 0.15) is 6.54 Å². The van der Waals surface area contributed by atoms with Crippen LogP contribution in [0.15, 0.2) is 62.8 Å². The summed E-state index contributed by atoms with van der Waals surface area (Å²) in [4.78, 5) is 40.4. The zero-order valence-corrected chi connectivity index (χ0v) is 12.5. The molecule has 2 aromatic heterocycles. The van der Waals surface area contributed by atoms with Crippen LogP contribution < -0.4 is 11.2 Å². The van der Waals surface area contributed by atoms with E-state index in [4.69, 9.17) is 9.15 Å². The van der Waals surface area contributed by atoms with Gasteiger partial charge in [0.2, 0.25) is 5.89 Å². The van der Waals surface area contributed by atoms with Gasteiger partial charge in [0, 0.05) is 17.8 Å². The van der Waals surface area contributed by atoms with E-state index >= 15 is 0 Å². The van der Waals surface area contributed by atoms with Crippen molar-refractivity contribution in [2.75, 3.05) is 0 Å². The van der Waals surface area contributed by atoms with Crippen molar-refractivity contribution in [2.24, 2.45) is 0 Å². The lowest BCUT2D eigenvalue weighted by molar-refractivity contribution is -0.146. The second kappa shape index (κ2) is 6.78. The smallest absolute Gasteiger partial charge is 0.328 e. The second-order valence-corrected chi connectivity index (χ2v) is 4.90. The Kier molecular flexibility index (Phi) is 4.37. The molecule has 1 aromatic carbocycles. The maximum atomic E-state index is 11.8. The molecule has 0 saturated carbocycles. The van der Waals surface area contributed by atoms with Crippen molar-refractivity contribution in [3.05, 3.63) is 75.4 Å². The van der Waals surface area contributed by atoms with E-state index in [1.54, 1.807) is 0 Å². The number of carbonyl (C=O) groups is 1. The van der Waals surface area contributed by atoms with Crippen LogP contribution in [0.1, 0.15) is 5.76 Å². The first-order valence-electron chi connectivity index (χ1n) is 7.07. The lowest BCUT2D eigenvalue weighted by Crippen LogP contribution is -2.31. The number of carbonyl (C=O) groups excluding carboxylic acids is 1. The number of hydrogen-bond acceptors (Lipinski definition) is 6. The molecule has 0 spiro atoms. The quantitative estimate of drug-likeness (QED) is 0.699. The van der Waals surface area contributed by atoms with Crippen LogP contribution in [0, 0.1) is 0 Å². The number of aromatic amines is 1. The van der Waals surface area contributed by atoms with Gasteiger partial charge < -0.3 is 9.15 Å².